The zero-order valence-electron chi connectivity index (χ0n) is 5.38. The first kappa shape index (κ1) is 14.0. The molecule has 0 aromatic heterocycles. The summed E-state index contributed by atoms with van der Waals surface area (Å²) in [6, 6.07) is 0. The molecule has 5 nitrogen and oxygen atoms in total. The topological polar surface area (TPSA) is 101 Å². The Morgan fingerprint density at radius 3 is 1.27 bits per heavy atom. The van der Waals surface area contributed by atoms with Gasteiger partial charge in [0.1, 0.15) is 18.3 Å². The van der Waals surface area contributed by atoms with Crippen molar-refractivity contribution in [2.24, 2.45) is 0 Å². The van der Waals surface area contributed by atoms with Crippen LogP contribution >= 0.6 is 0 Å². The van der Waals surface area contributed by atoms with Crippen molar-refractivity contribution in [3.63, 3.8) is 0 Å². The van der Waals surface area contributed by atoms with Gasteiger partial charge in [0, 0.05) is 0 Å². The van der Waals surface area contributed by atoms with E-state index < -0.39 is 31.5 Å². The van der Waals surface area contributed by atoms with Crippen LogP contribution in [0.15, 0.2) is 0 Å². The van der Waals surface area contributed by atoms with E-state index in [0.29, 0.717) is 0 Å². The standard InChI is InChI=1S/C5H12O5.Ga.3H/c6-1-3(8)5(10)4(9)2-7;;;;/h3-10H,1-2H2;;;;/t3-,4+,5?;;;;. The molecule has 6 heteroatoms. The van der Waals surface area contributed by atoms with Crippen molar-refractivity contribution in [1.29, 1.82) is 0 Å². The van der Waals surface area contributed by atoms with Crippen molar-refractivity contribution >= 4 is 19.8 Å². The summed E-state index contributed by atoms with van der Waals surface area (Å²) in [6.07, 6.45) is -4.29. The molecule has 0 aliphatic carbocycles. The van der Waals surface area contributed by atoms with Crippen LogP contribution in [-0.4, -0.2) is 76.8 Å². The third kappa shape index (κ3) is 4.80. The van der Waals surface area contributed by atoms with E-state index in [0.717, 1.165) is 0 Å². The van der Waals surface area contributed by atoms with Gasteiger partial charge in [-0.1, -0.05) is 0 Å². The Hall–Kier alpha value is 0.436. The molecule has 3 atom stereocenters. The second-order valence-corrected chi connectivity index (χ2v) is 1.99. The van der Waals surface area contributed by atoms with Gasteiger partial charge in [0.25, 0.3) is 0 Å². The van der Waals surface area contributed by atoms with Crippen LogP contribution in [0.4, 0.5) is 0 Å². The van der Waals surface area contributed by atoms with Crippen LogP contribution in [0.5, 0.6) is 0 Å². The molecular weight excluding hydrogens is 210 g/mol. The summed E-state index contributed by atoms with van der Waals surface area (Å²) >= 11 is 0. The number of hydrogen-bond acceptors (Lipinski definition) is 5. The maximum absolute atomic E-state index is 8.77. The first-order chi connectivity index (χ1) is 4.63. The quantitative estimate of drug-likeness (QED) is 0.313. The normalized spacial score (nSPS) is 18.3. The Balaban J connectivity index is 0. The Kier molecular flexibility index (Phi) is 9.04. The Bertz CT molecular complexity index is 80.9. The van der Waals surface area contributed by atoms with E-state index in [-0.39, 0.29) is 19.8 Å². The van der Waals surface area contributed by atoms with E-state index in [2.05, 4.69) is 0 Å². The zero-order valence-corrected chi connectivity index (χ0v) is 5.38. The van der Waals surface area contributed by atoms with Crippen LogP contribution in [0.2, 0.25) is 0 Å². The first-order valence-electron chi connectivity index (χ1n) is 2.89. The van der Waals surface area contributed by atoms with E-state index >= 15 is 0 Å². The van der Waals surface area contributed by atoms with Crippen LogP contribution < -0.4 is 0 Å². The summed E-state index contributed by atoms with van der Waals surface area (Å²) in [7, 11) is 0. The molecule has 0 saturated carbocycles. The predicted molar refractivity (Wildman–Crippen MR) is 42.1 cm³/mol. The fourth-order valence-corrected chi connectivity index (χ4v) is 0.472. The zero-order chi connectivity index (χ0) is 8.15. The molecule has 0 rings (SSSR count). The van der Waals surface area contributed by atoms with Gasteiger partial charge in [-0.15, -0.1) is 0 Å². The van der Waals surface area contributed by atoms with E-state index in [1.807, 2.05) is 0 Å². The summed E-state index contributed by atoms with van der Waals surface area (Å²) in [4.78, 5) is 0. The van der Waals surface area contributed by atoms with Gasteiger partial charge in [-0.3, -0.25) is 0 Å². The molecule has 0 radical (unpaired) electrons. The third-order valence-electron chi connectivity index (χ3n) is 1.16. The van der Waals surface area contributed by atoms with Crippen LogP contribution in [0.25, 0.3) is 0 Å². The molecule has 0 heterocycles. The minimum absolute atomic E-state index is 0. The Labute approximate surface area is 77.3 Å². The van der Waals surface area contributed by atoms with Gasteiger partial charge in [-0.05, 0) is 0 Å². The second-order valence-electron chi connectivity index (χ2n) is 1.99. The second kappa shape index (κ2) is 7.11. The molecule has 0 aromatic rings. The van der Waals surface area contributed by atoms with Crippen LogP contribution in [0.1, 0.15) is 0 Å². The van der Waals surface area contributed by atoms with E-state index in [9.17, 15) is 0 Å². The van der Waals surface area contributed by atoms with Gasteiger partial charge < -0.3 is 25.5 Å². The van der Waals surface area contributed by atoms with Gasteiger partial charge in [0.15, 0.2) is 0 Å². The summed E-state index contributed by atoms with van der Waals surface area (Å²) in [6.45, 7) is -1.28. The van der Waals surface area contributed by atoms with Gasteiger partial charge >= 0.3 is 19.8 Å². The molecule has 0 aliphatic rings. The van der Waals surface area contributed by atoms with Crippen LogP contribution in [-0.2, 0) is 0 Å². The number of rotatable bonds is 4. The molecule has 68 valence electrons. The van der Waals surface area contributed by atoms with Crippen molar-refractivity contribution < 1.29 is 25.5 Å². The molecule has 0 aromatic carbocycles. The Morgan fingerprint density at radius 1 is 0.818 bits per heavy atom. The van der Waals surface area contributed by atoms with Crippen molar-refractivity contribution in [3.05, 3.63) is 0 Å². The Morgan fingerprint density at radius 2 is 1.09 bits per heavy atom. The molecule has 11 heavy (non-hydrogen) atoms. The number of hydrogen-bond donors (Lipinski definition) is 5. The molecule has 0 spiro atoms. The summed E-state index contributed by atoms with van der Waals surface area (Å²) < 4.78 is 0. The van der Waals surface area contributed by atoms with E-state index in [1.165, 1.54) is 0 Å². The molecule has 0 bridgehead atoms. The van der Waals surface area contributed by atoms with Gasteiger partial charge in [-0.25, -0.2) is 0 Å². The number of aliphatic hydroxyl groups excluding tert-OH is 5. The molecule has 0 saturated heterocycles. The van der Waals surface area contributed by atoms with Crippen LogP contribution in [0.3, 0.4) is 0 Å². The SMILES string of the molecule is OC[C@@H](O)C(O)[C@@H](O)CO.[GaH3]. The molecule has 0 aliphatic heterocycles. The molecule has 0 amide bonds. The van der Waals surface area contributed by atoms with Crippen molar-refractivity contribution in [2.75, 3.05) is 13.2 Å². The van der Waals surface area contributed by atoms with Crippen molar-refractivity contribution in [2.45, 2.75) is 18.3 Å². The van der Waals surface area contributed by atoms with Gasteiger partial charge in [0.05, 0.1) is 13.2 Å². The molecule has 1 unspecified atom stereocenters. The predicted octanol–water partition coefficient (Wildman–Crippen LogP) is -4.13. The van der Waals surface area contributed by atoms with Gasteiger partial charge in [-0.2, -0.15) is 0 Å². The van der Waals surface area contributed by atoms with E-state index in [4.69, 9.17) is 25.5 Å². The number of aliphatic hydroxyl groups is 5. The average molecular weight is 225 g/mol. The molecule has 5 N–H and O–H groups in total. The maximum atomic E-state index is 8.77. The summed E-state index contributed by atoms with van der Waals surface area (Å²) in [5.41, 5.74) is 0. The third-order valence-corrected chi connectivity index (χ3v) is 1.16. The van der Waals surface area contributed by atoms with Crippen molar-refractivity contribution in [1.82, 2.24) is 0 Å². The van der Waals surface area contributed by atoms with Gasteiger partial charge in [0.2, 0.25) is 0 Å². The van der Waals surface area contributed by atoms with Crippen molar-refractivity contribution in [3.8, 4) is 0 Å². The molecule has 0 fully saturated rings. The minimum atomic E-state index is -1.49. The van der Waals surface area contributed by atoms with Crippen LogP contribution in [0, 0.1) is 0 Å². The summed E-state index contributed by atoms with van der Waals surface area (Å²) in [5.74, 6) is 0. The first-order valence-corrected chi connectivity index (χ1v) is 2.89. The molecular formula is C5H15GaO5. The monoisotopic (exact) mass is 224 g/mol. The van der Waals surface area contributed by atoms with E-state index in [1.54, 1.807) is 0 Å². The fraction of sp³-hybridized carbons (Fsp3) is 1.00. The summed E-state index contributed by atoms with van der Waals surface area (Å²) in [5, 5.41) is 42.6. The fourth-order valence-electron chi connectivity index (χ4n) is 0.472. The average Bonchev–Trinajstić information content (AvgIpc) is 2.00.